The maximum absolute atomic E-state index is 9.10. The van der Waals surface area contributed by atoms with E-state index in [-0.39, 0.29) is 17.4 Å². The molecule has 10 heavy (non-hydrogen) atoms. The van der Waals surface area contributed by atoms with Crippen LogP contribution in [0.5, 0.6) is 5.75 Å². The summed E-state index contributed by atoms with van der Waals surface area (Å²) in [5.74, 6) is 0.239. The van der Waals surface area contributed by atoms with Gasteiger partial charge in [0, 0.05) is 5.56 Å². The molecule has 54 valence electrons. The SMILES string of the molecule is [2H]c1ccc(OC)c(C([2H])([2H])O)c1. The molecule has 0 saturated carbocycles. The summed E-state index contributed by atoms with van der Waals surface area (Å²) in [6.45, 7) is -2.47. The van der Waals surface area contributed by atoms with Crippen LogP contribution in [0.25, 0.3) is 0 Å². The summed E-state index contributed by atoms with van der Waals surface area (Å²) < 4.78 is 26.2. The van der Waals surface area contributed by atoms with Crippen LogP contribution in [0.15, 0.2) is 24.2 Å². The summed E-state index contributed by atoms with van der Waals surface area (Å²) in [6.07, 6.45) is 0. The van der Waals surface area contributed by atoms with Gasteiger partial charge in [0.1, 0.15) is 5.75 Å². The van der Waals surface area contributed by atoms with E-state index in [1.165, 1.54) is 25.3 Å². The van der Waals surface area contributed by atoms with Crippen molar-refractivity contribution in [3.05, 3.63) is 29.8 Å². The number of ether oxygens (including phenoxy) is 1. The van der Waals surface area contributed by atoms with Crippen LogP contribution in [-0.2, 0) is 6.56 Å². The molecule has 0 fully saturated rings. The second-order valence-electron chi connectivity index (χ2n) is 1.74. The average molecular weight is 141 g/mol. The van der Waals surface area contributed by atoms with Crippen molar-refractivity contribution in [2.45, 2.75) is 6.56 Å². The lowest BCUT2D eigenvalue weighted by Gasteiger charge is -2.03. The molecule has 0 aliphatic rings. The molecule has 0 radical (unpaired) electrons. The van der Waals surface area contributed by atoms with E-state index < -0.39 is 6.56 Å². The molecule has 0 spiro atoms. The van der Waals surface area contributed by atoms with Crippen LogP contribution < -0.4 is 4.74 Å². The first-order valence-electron chi connectivity index (χ1n) is 4.32. The van der Waals surface area contributed by atoms with E-state index in [0.717, 1.165) is 0 Å². The highest BCUT2D eigenvalue weighted by Crippen LogP contribution is 2.16. The van der Waals surface area contributed by atoms with Crippen molar-refractivity contribution in [3.8, 4) is 5.75 Å². The maximum Gasteiger partial charge on any atom is 0.124 e. The number of hydrogen-bond donors (Lipinski definition) is 1. The zero-order valence-corrected chi connectivity index (χ0v) is 5.59. The maximum atomic E-state index is 9.10. The zero-order valence-electron chi connectivity index (χ0n) is 8.59. The Morgan fingerprint density at radius 1 is 1.80 bits per heavy atom. The fourth-order valence-electron chi connectivity index (χ4n) is 0.682. The Morgan fingerprint density at radius 2 is 2.60 bits per heavy atom. The number of rotatable bonds is 2. The molecule has 2 heteroatoms. The van der Waals surface area contributed by atoms with Gasteiger partial charge in [-0.2, -0.15) is 0 Å². The van der Waals surface area contributed by atoms with Gasteiger partial charge >= 0.3 is 0 Å². The van der Waals surface area contributed by atoms with E-state index in [1.54, 1.807) is 0 Å². The minimum atomic E-state index is -2.47. The summed E-state index contributed by atoms with van der Waals surface area (Å²) in [5, 5.41) is 9.10. The molecule has 1 aromatic rings. The van der Waals surface area contributed by atoms with Gasteiger partial charge in [0.25, 0.3) is 0 Å². The van der Waals surface area contributed by atoms with Crippen LogP contribution in [0.3, 0.4) is 0 Å². The third-order valence-corrected chi connectivity index (χ3v) is 1.16. The smallest absolute Gasteiger partial charge is 0.124 e. The Hall–Kier alpha value is -1.02. The van der Waals surface area contributed by atoms with Gasteiger partial charge in [-0.1, -0.05) is 18.2 Å². The Balaban J connectivity index is 3.24. The highest BCUT2D eigenvalue weighted by Gasteiger charge is 1.96. The molecule has 0 saturated heterocycles. The minimum absolute atomic E-state index is 0.0255. The lowest BCUT2D eigenvalue weighted by atomic mass is 10.2. The highest BCUT2D eigenvalue weighted by atomic mass is 16.5. The van der Waals surface area contributed by atoms with Crippen LogP contribution in [0.4, 0.5) is 0 Å². The molecule has 0 aromatic heterocycles. The normalized spacial score (nSPS) is 15.2. The first kappa shape index (κ1) is 3.98. The van der Waals surface area contributed by atoms with Crippen LogP contribution >= 0.6 is 0 Å². The first-order chi connectivity index (χ1) is 5.95. The molecule has 0 aliphatic carbocycles. The predicted octanol–water partition coefficient (Wildman–Crippen LogP) is 1.19. The van der Waals surface area contributed by atoms with Gasteiger partial charge in [0.2, 0.25) is 0 Å². The molecule has 0 aliphatic heterocycles. The van der Waals surface area contributed by atoms with Crippen molar-refractivity contribution in [2.75, 3.05) is 7.11 Å². The molecule has 0 atom stereocenters. The van der Waals surface area contributed by atoms with Crippen molar-refractivity contribution in [3.63, 3.8) is 0 Å². The molecule has 0 heterocycles. The van der Waals surface area contributed by atoms with Crippen LogP contribution in [0.1, 0.15) is 9.68 Å². The standard InChI is InChI=1S/C8H10O2/c1-10-8-5-3-2-4-7(8)6-9/h2-5,9H,6H2,1H3/i2D,6D2. The van der Waals surface area contributed by atoms with Gasteiger partial charge in [-0.15, -0.1) is 0 Å². The number of benzene rings is 1. The van der Waals surface area contributed by atoms with Gasteiger partial charge in [-0.25, -0.2) is 0 Å². The van der Waals surface area contributed by atoms with Crippen molar-refractivity contribution in [1.29, 1.82) is 0 Å². The van der Waals surface area contributed by atoms with Gasteiger partial charge in [-0.05, 0) is 6.07 Å². The second kappa shape index (κ2) is 3.22. The molecule has 1 aromatic carbocycles. The van der Waals surface area contributed by atoms with Crippen molar-refractivity contribution in [2.24, 2.45) is 0 Å². The van der Waals surface area contributed by atoms with Crippen LogP contribution in [0.2, 0.25) is 0 Å². The van der Waals surface area contributed by atoms with E-state index in [1.807, 2.05) is 0 Å². The lowest BCUT2D eigenvalue weighted by molar-refractivity contribution is 0.274. The van der Waals surface area contributed by atoms with Crippen LogP contribution in [0, 0.1) is 0 Å². The largest absolute Gasteiger partial charge is 0.496 e. The molecule has 0 bridgehead atoms. The van der Waals surface area contributed by atoms with Crippen LogP contribution in [-0.4, -0.2) is 12.2 Å². The summed E-state index contributed by atoms with van der Waals surface area (Å²) in [5.41, 5.74) is -0.0255. The van der Waals surface area contributed by atoms with Crippen molar-refractivity contribution < 1.29 is 14.0 Å². The van der Waals surface area contributed by atoms with E-state index in [4.69, 9.17) is 14.0 Å². The molecule has 1 N–H and O–H groups in total. The zero-order chi connectivity index (χ0) is 10.1. The molecule has 0 unspecified atom stereocenters. The third-order valence-electron chi connectivity index (χ3n) is 1.16. The topological polar surface area (TPSA) is 29.5 Å². The third kappa shape index (κ3) is 1.28. The van der Waals surface area contributed by atoms with Gasteiger partial charge < -0.3 is 9.84 Å². The van der Waals surface area contributed by atoms with Gasteiger partial charge in [0.05, 0.1) is 17.8 Å². The molecule has 2 nitrogen and oxygen atoms in total. The molecule has 0 amide bonds. The summed E-state index contributed by atoms with van der Waals surface area (Å²) in [6, 6.07) is 4.28. The fourth-order valence-corrected chi connectivity index (χ4v) is 0.682. The van der Waals surface area contributed by atoms with E-state index in [2.05, 4.69) is 0 Å². The number of methoxy groups -OCH3 is 1. The molecule has 1 rings (SSSR count). The number of aliphatic hydroxyl groups is 1. The minimum Gasteiger partial charge on any atom is -0.496 e. The number of para-hydroxylation sites is 1. The second-order valence-corrected chi connectivity index (χ2v) is 1.74. The Labute approximate surface area is 64.3 Å². The Morgan fingerprint density at radius 3 is 3.20 bits per heavy atom. The number of hydrogen-bond acceptors (Lipinski definition) is 2. The first-order valence-corrected chi connectivity index (χ1v) is 2.82. The quantitative estimate of drug-likeness (QED) is 0.670. The highest BCUT2D eigenvalue weighted by molar-refractivity contribution is 5.32. The lowest BCUT2D eigenvalue weighted by Crippen LogP contribution is -1.89. The van der Waals surface area contributed by atoms with E-state index >= 15 is 0 Å². The van der Waals surface area contributed by atoms with E-state index in [9.17, 15) is 0 Å². The Bertz CT molecular complexity index is 307. The molecular weight excluding hydrogens is 128 g/mol. The average Bonchev–Trinajstić information content (AvgIpc) is 2.03. The van der Waals surface area contributed by atoms with Crippen molar-refractivity contribution >= 4 is 0 Å². The summed E-state index contributed by atoms with van der Waals surface area (Å²) in [4.78, 5) is 0. The summed E-state index contributed by atoms with van der Waals surface area (Å²) in [7, 11) is 1.38. The fraction of sp³-hybridized carbons (Fsp3) is 0.250. The van der Waals surface area contributed by atoms with Crippen molar-refractivity contribution in [1.82, 2.24) is 0 Å². The van der Waals surface area contributed by atoms with Gasteiger partial charge in [0.15, 0.2) is 0 Å². The van der Waals surface area contributed by atoms with Gasteiger partial charge in [-0.3, -0.25) is 0 Å². The summed E-state index contributed by atoms with van der Waals surface area (Å²) >= 11 is 0. The molecular formula is C8H10O2. The predicted molar refractivity (Wildman–Crippen MR) is 38.9 cm³/mol. The van der Waals surface area contributed by atoms with E-state index in [0.29, 0.717) is 0 Å². The monoisotopic (exact) mass is 141 g/mol. The Kier molecular flexibility index (Phi) is 1.28.